The topological polar surface area (TPSA) is 57.3 Å². The van der Waals surface area contributed by atoms with Crippen LogP contribution < -0.4 is 10.2 Å². The summed E-state index contributed by atoms with van der Waals surface area (Å²) in [6.07, 6.45) is -1.40. The predicted octanol–water partition coefficient (Wildman–Crippen LogP) is 6.86. The molecule has 36 heavy (non-hydrogen) atoms. The number of nitrogens with zero attached hydrogens (tertiary/aromatic N) is 2. The zero-order valence-corrected chi connectivity index (χ0v) is 19.5. The van der Waals surface area contributed by atoms with Crippen molar-refractivity contribution in [3.8, 4) is 22.6 Å². The van der Waals surface area contributed by atoms with Gasteiger partial charge in [0.05, 0.1) is 22.8 Å². The highest BCUT2D eigenvalue weighted by Gasteiger charge is 2.40. The van der Waals surface area contributed by atoms with E-state index in [1.807, 2.05) is 36.5 Å². The third-order valence-electron chi connectivity index (χ3n) is 5.98. The van der Waals surface area contributed by atoms with Crippen LogP contribution in [0.2, 0.25) is 0 Å². The van der Waals surface area contributed by atoms with E-state index in [1.165, 1.54) is 12.1 Å². The molecule has 8 heteroatoms. The lowest BCUT2D eigenvalue weighted by atomic mass is 9.97. The maximum absolute atomic E-state index is 14.0. The molecule has 182 valence electrons. The number of halogens is 3. The van der Waals surface area contributed by atoms with Crippen LogP contribution in [0.15, 0.2) is 88.3 Å². The van der Waals surface area contributed by atoms with Crippen molar-refractivity contribution < 1.29 is 22.3 Å². The molecule has 0 aliphatic heterocycles. The summed E-state index contributed by atoms with van der Waals surface area (Å²) in [5.74, 6) is -1.01. The van der Waals surface area contributed by atoms with E-state index in [0.717, 1.165) is 11.3 Å². The van der Waals surface area contributed by atoms with Gasteiger partial charge >= 0.3 is 6.18 Å². The standard InChI is InChI=1S/C28H21F3N2O3/c1-17-8-6-7-11-21(17)24-25(34)22-12-13-23(18(2)26(22)36-27(24)28(29,30)31)35-16-19-14-32-33(15-19)20-9-4-3-5-10-20/h3-15H,16H2,1-2H3. The van der Waals surface area contributed by atoms with Crippen LogP contribution in [0.5, 0.6) is 5.75 Å². The largest absolute Gasteiger partial charge is 0.488 e. The summed E-state index contributed by atoms with van der Waals surface area (Å²) >= 11 is 0. The van der Waals surface area contributed by atoms with E-state index >= 15 is 0 Å². The molecular formula is C28H21F3N2O3. The normalized spacial score (nSPS) is 11.7. The van der Waals surface area contributed by atoms with E-state index in [2.05, 4.69) is 5.10 Å². The van der Waals surface area contributed by atoms with E-state index in [-0.39, 0.29) is 23.1 Å². The monoisotopic (exact) mass is 490 g/mol. The molecule has 0 aliphatic carbocycles. The van der Waals surface area contributed by atoms with Crippen LogP contribution in [0.4, 0.5) is 13.2 Å². The van der Waals surface area contributed by atoms with Crippen LogP contribution in [-0.4, -0.2) is 9.78 Å². The minimum absolute atomic E-state index is 0.0583. The molecule has 0 saturated carbocycles. The average molecular weight is 490 g/mol. The Bertz CT molecular complexity index is 1620. The number of fused-ring (bicyclic) bond motifs is 1. The minimum atomic E-state index is -4.86. The van der Waals surface area contributed by atoms with Crippen molar-refractivity contribution in [2.45, 2.75) is 26.6 Å². The Morgan fingerprint density at radius 3 is 2.42 bits per heavy atom. The van der Waals surface area contributed by atoms with E-state index in [4.69, 9.17) is 9.15 Å². The molecule has 0 aliphatic rings. The molecule has 0 saturated heterocycles. The van der Waals surface area contributed by atoms with Gasteiger partial charge < -0.3 is 9.15 Å². The molecule has 0 unspecified atom stereocenters. The molecule has 0 atom stereocenters. The van der Waals surface area contributed by atoms with E-state index in [9.17, 15) is 18.0 Å². The molecule has 5 rings (SSSR count). The summed E-state index contributed by atoms with van der Waals surface area (Å²) in [5, 5.41) is 4.38. The van der Waals surface area contributed by atoms with Crippen LogP contribution >= 0.6 is 0 Å². The number of alkyl halides is 3. The van der Waals surface area contributed by atoms with Crippen molar-refractivity contribution in [2.24, 2.45) is 0 Å². The van der Waals surface area contributed by atoms with Gasteiger partial charge in [-0.2, -0.15) is 18.3 Å². The number of hydrogen-bond acceptors (Lipinski definition) is 4. The van der Waals surface area contributed by atoms with Gasteiger partial charge in [0.15, 0.2) is 0 Å². The number of benzene rings is 3. The summed E-state index contributed by atoms with van der Waals surface area (Å²) in [7, 11) is 0. The Labute approximate surface area is 204 Å². The van der Waals surface area contributed by atoms with Gasteiger partial charge in [-0.1, -0.05) is 42.5 Å². The van der Waals surface area contributed by atoms with Gasteiger partial charge in [-0.3, -0.25) is 4.79 Å². The quantitative estimate of drug-likeness (QED) is 0.270. The smallest absolute Gasteiger partial charge is 0.450 e. The molecule has 0 N–H and O–H groups in total. The van der Waals surface area contributed by atoms with Gasteiger partial charge in [-0.15, -0.1) is 0 Å². The molecule has 5 aromatic rings. The summed E-state index contributed by atoms with van der Waals surface area (Å²) in [6, 6.07) is 19.0. The molecule has 2 aromatic heterocycles. The molecule has 3 aromatic carbocycles. The molecule has 0 fully saturated rings. The van der Waals surface area contributed by atoms with Crippen LogP contribution in [0.3, 0.4) is 0 Å². The second-order valence-corrected chi connectivity index (χ2v) is 8.43. The van der Waals surface area contributed by atoms with Gasteiger partial charge in [0.1, 0.15) is 17.9 Å². The first-order chi connectivity index (χ1) is 17.2. The Morgan fingerprint density at radius 2 is 1.69 bits per heavy atom. The molecule has 2 heterocycles. The van der Waals surface area contributed by atoms with E-state index < -0.39 is 22.9 Å². The molecule has 0 amide bonds. The molecule has 5 nitrogen and oxygen atoms in total. The molecule has 0 spiro atoms. The van der Waals surface area contributed by atoms with E-state index in [1.54, 1.807) is 49.0 Å². The van der Waals surface area contributed by atoms with E-state index in [0.29, 0.717) is 16.9 Å². The highest BCUT2D eigenvalue weighted by atomic mass is 19.4. The fourth-order valence-corrected chi connectivity index (χ4v) is 4.15. The average Bonchev–Trinajstić information content (AvgIpc) is 3.33. The highest BCUT2D eigenvalue weighted by molar-refractivity contribution is 5.87. The SMILES string of the molecule is Cc1ccccc1-c1c(C(F)(F)F)oc2c(C)c(OCc3cnn(-c4ccccc4)c3)ccc2c1=O. The van der Waals surface area contributed by atoms with Crippen LogP contribution in [0.25, 0.3) is 27.8 Å². The van der Waals surface area contributed by atoms with Crippen LogP contribution in [0, 0.1) is 13.8 Å². The predicted molar refractivity (Wildman–Crippen MR) is 130 cm³/mol. The Hall–Kier alpha value is -4.33. The first kappa shape index (κ1) is 23.4. The fraction of sp³-hybridized carbons (Fsp3) is 0.143. The first-order valence-corrected chi connectivity index (χ1v) is 11.2. The lowest BCUT2D eigenvalue weighted by Crippen LogP contribution is -2.17. The summed E-state index contributed by atoms with van der Waals surface area (Å²) in [4.78, 5) is 13.3. The Kier molecular flexibility index (Phi) is 5.88. The molecule has 0 bridgehead atoms. The zero-order valence-electron chi connectivity index (χ0n) is 19.5. The highest BCUT2D eigenvalue weighted by Crippen LogP contribution is 2.39. The van der Waals surface area contributed by atoms with Gasteiger partial charge in [0.2, 0.25) is 11.2 Å². The third kappa shape index (κ3) is 4.26. The Balaban J connectivity index is 1.53. The number of ether oxygens (including phenoxy) is 1. The van der Waals surface area contributed by atoms with Crippen molar-refractivity contribution in [1.82, 2.24) is 9.78 Å². The number of aryl methyl sites for hydroxylation is 2. The second kappa shape index (κ2) is 9.03. The molecular weight excluding hydrogens is 469 g/mol. The lowest BCUT2D eigenvalue weighted by Gasteiger charge is -2.16. The van der Waals surface area contributed by atoms with Gasteiger partial charge in [-0.05, 0) is 49.2 Å². The summed E-state index contributed by atoms with van der Waals surface area (Å²) in [6.45, 7) is 3.36. The first-order valence-electron chi connectivity index (χ1n) is 11.2. The van der Waals surface area contributed by atoms with Gasteiger partial charge in [0, 0.05) is 17.3 Å². The van der Waals surface area contributed by atoms with Crippen molar-refractivity contribution in [3.63, 3.8) is 0 Å². The number of hydrogen-bond donors (Lipinski definition) is 0. The maximum Gasteiger partial charge on any atom is 0.450 e. The van der Waals surface area contributed by atoms with Crippen LogP contribution in [0.1, 0.15) is 22.5 Å². The van der Waals surface area contributed by atoms with Crippen molar-refractivity contribution in [3.05, 3.63) is 112 Å². The maximum atomic E-state index is 14.0. The number of para-hydroxylation sites is 1. The van der Waals surface area contributed by atoms with Crippen molar-refractivity contribution in [1.29, 1.82) is 0 Å². The lowest BCUT2D eigenvalue weighted by molar-refractivity contribution is -0.152. The van der Waals surface area contributed by atoms with Gasteiger partial charge in [0.25, 0.3) is 0 Å². The second-order valence-electron chi connectivity index (χ2n) is 8.43. The Morgan fingerprint density at radius 1 is 0.972 bits per heavy atom. The third-order valence-corrected chi connectivity index (χ3v) is 5.98. The number of aromatic nitrogens is 2. The zero-order chi connectivity index (χ0) is 25.4. The van der Waals surface area contributed by atoms with Crippen molar-refractivity contribution in [2.75, 3.05) is 0 Å². The van der Waals surface area contributed by atoms with Crippen LogP contribution in [-0.2, 0) is 12.8 Å². The summed E-state index contributed by atoms with van der Waals surface area (Å²) in [5.41, 5.74) is 1.31. The summed E-state index contributed by atoms with van der Waals surface area (Å²) < 4.78 is 55.1. The van der Waals surface area contributed by atoms with Gasteiger partial charge in [-0.25, -0.2) is 4.68 Å². The molecule has 0 radical (unpaired) electrons. The number of rotatable bonds is 5. The minimum Gasteiger partial charge on any atom is -0.488 e. The fourth-order valence-electron chi connectivity index (χ4n) is 4.15. The van der Waals surface area contributed by atoms with Crippen molar-refractivity contribution >= 4 is 11.0 Å².